The zero-order valence-electron chi connectivity index (χ0n) is 13.8. The zero-order valence-corrected chi connectivity index (χ0v) is 15.3. The van der Waals surface area contributed by atoms with Crippen molar-refractivity contribution in [3.05, 3.63) is 24.3 Å². The maximum Gasteiger partial charge on any atom is 0.228 e. The standard InChI is InChI=1S/C19H23Cl2NO2/c1-2-24-16-6-4-3-5-15(16)22-18(23)17-11-7-9-13-14(19(13,20)21)10-8-12(11)17/h3-6,11-14,17H,2,7-10H2,1H3,(H,22,23)/t11-,12-,13-,14+,17?/m0/s1. The summed E-state index contributed by atoms with van der Waals surface area (Å²) in [6.45, 7) is 2.53. The number of anilines is 1. The molecule has 1 unspecified atom stereocenters. The second-order valence-electron chi connectivity index (χ2n) is 7.31. The topological polar surface area (TPSA) is 38.3 Å². The van der Waals surface area contributed by atoms with Crippen LogP contribution in [-0.4, -0.2) is 16.8 Å². The normalized spacial score (nSPS) is 35.7. The first kappa shape index (κ1) is 16.5. The van der Waals surface area contributed by atoms with Gasteiger partial charge in [-0.05, 0) is 68.4 Å². The lowest BCUT2D eigenvalue weighted by Crippen LogP contribution is -2.16. The Hall–Kier alpha value is -0.930. The number of rotatable bonds is 4. The Morgan fingerprint density at radius 3 is 2.42 bits per heavy atom. The molecule has 0 heterocycles. The molecule has 0 aromatic heterocycles. The first-order chi connectivity index (χ1) is 11.5. The van der Waals surface area contributed by atoms with Gasteiger partial charge >= 0.3 is 0 Å². The molecular weight excluding hydrogens is 345 g/mol. The van der Waals surface area contributed by atoms with Crippen LogP contribution < -0.4 is 10.1 Å². The van der Waals surface area contributed by atoms with Crippen LogP contribution in [0.3, 0.4) is 0 Å². The van der Waals surface area contributed by atoms with E-state index >= 15 is 0 Å². The SMILES string of the molecule is CCOc1ccccc1NC(=O)C1[C@H]2CC[C@@H]3[C@H](CC[C@H]12)C3(Cl)Cl. The molecule has 1 amide bonds. The number of hydrogen-bond donors (Lipinski definition) is 1. The Bertz CT molecular complexity index is 626. The molecule has 0 saturated heterocycles. The fourth-order valence-electron chi connectivity index (χ4n) is 4.68. The molecule has 1 aromatic rings. The van der Waals surface area contributed by atoms with Crippen LogP contribution in [0.2, 0.25) is 0 Å². The quantitative estimate of drug-likeness (QED) is 0.770. The van der Waals surface area contributed by atoms with Crippen molar-refractivity contribution in [2.75, 3.05) is 11.9 Å². The molecule has 0 spiro atoms. The van der Waals surface area contributed by atoms with Gasteiger partial charge in [-0.3, -0.25) is 4.79 Å². The Labute approximate surface area is 153 Å². The third-order valence-electron chi connectivity index (χ3n) is 6.07. The van der Waals surface area contributed by atoms with E-state index in [9.17, 15) is 4.79 Å². The predicted molar refractivity (Wildman–Crippen MR) is 96.6 cm³/mol. The largest absolute Gasteiger partial charge is 0.492 e. The summed E-state index contributed by atoms with van der Waals surface area (Å²) in [5, 5.41) is 3.08. The average molecular weight is 368 g/mol. The fourth-order valence-corrected chi connectivity index (χ4v) is 5.60. The fraction of sp³-hybridized carbons (Fsp3) is 0.632. The molecule has 3 aliphatic rings. The second-order valence-corrected chi connectivity index (χ2v) is 8.76. The number of benzene rings is 1. The van der Waals surface area contributed by atoms with E-state index in [4.69, 9.17) is 27.9 Å². The molecule has 4 rings (SSSR count). The van der Waals surface area contributed by atoms with Gasteiger partial charge in [0.1, 0.15) is 10.1 Å². The smallest absolute Gasteiger partial charge is 0.228 e. The molecule has 5 atom stereocenters. The summed E-state index contributed by atoms with van der Waals surface area (Å²) in [6.07, 6.45) is 4.24. The first-order valence-electron chi connectivity index (χ1n) is 8.94. The average Bonchev–Trinajstić information content (AvgIpc) is 3.34. The zero-order chi connectivity index (χ0) is 16.9. The van der Waals surface area contributed by atoms with E-state index in [0.29, 0.717) is 30.3 Å². The predicted octanol–water partition coefficient (Wildman–Crippen LogP) is 4.88. The summed E-state index contributed by atoms with van der Waals surface area (Å²) in [5.74, 6) is 2.87. The third kappa shape index (κ3) is 2.80. The lowest BCUT2D eigenvalue weighted by Gasteiger charge is -2.11. The van der Waals surface area contributed by atoms with Gasteiger partial charge in [0.25, 0.3) is 0 Å². The molecule has 0 aliphatic heterocycles. The van der Waals surface area contributed by atoms with E-state index in [1.165, 1.54) is 0 Å². The van der Waals surface area contributed by atoms with Gasteiger partial charge in [0, 0.05) is 5.92 Å². The summed E-state index contributed by atoms with van der Waals surface area (Å²) in [7, 11) is 0. The number of halogens is 2. The van der Waals surface area contributed by atoms with Crippen molar-refractivity contribution < 1.29 is 9.53 Å². The van der Waals surface area contributed by atoms with E-state index in [2.05, 4.69) is 5.32 Å². The summed E-state index contributed by atoms with van der Waals surface area (Å²) >= 11 is 12.7. The molecule has 3 aliphatic carbocycles. The molecule has 24 heavy (non-hydrogen) atoms. The molecule has 3 saturated carbocycles. The highest BCUT2D eigenvalue weighted by Crippen LogP contribution is 2.67. The highest BCUT2D eigenvalue weighted by atomic mass is 35.5. The minimum Gasteiger partial charge on any atom is -0.492 e. The minimum atomic E-state index is -0.495. The number of alkyl halides is 2. The van der Waals surface area contributed by atoms with Crippen molar-refractivity contribution >= 4 is 34.8 Å². The Balaban J connectivity index is 1.39. The van der Waals surface area contributed by atoms with Crippen LogP contribution in [0.1, 0.15) is 32.6 Å². The van der Waals surface area contributed by atoms with E-state index in [-0.39, 0.29) is 11.8 Å². The number of carbonyl (C=O) groups is 1. The maximum atomic E-state index is 12.7. The van der Waals surface area contributed by atoms with Gasteiger partial charge in [0.2, 0.25) is 5.91 Å². The monoisotopic (exact) mass is 367 g/mol. The van der Waals surface area contributed by atoms with Crippen molar-refractivity contribution in [3.63, 3.8) is 0 Å². The van der Waals surface area contributed by atoms with Crippen molar-refractivity contribution in [1.82, 2.24) is 0 Å². The van der Waals surface area contributed by atoms with Crippen molar-refractivity contribution in [1.29, 1.82) is 0 Å². The van der Waals surface area contributed by atoms with Crippen LogP contribution in [-0.2, 0) is 4.79 Å². The van der Waals surface area contributed by atoms with E-state index in [1.54, 1.807) is 0 Å². The Morgan fingerprint density at radius 2 is 1.79 bits per heavy atom. The van der Waals surface area contributed by atoms with Gasteiger partial charge in [0.15, 0.2) is 0 Å². The number of carbonyl (C=O) groups excluding carboxylic acids is 1. The van der Waals surface area contributed by atoms with E-state index in [1.807, 2.05) is 31.2 Å². The van der Waals surface area contributed by atoms with Gasteiger partial charge in [0.05, 0.1) is 12.3 Å². The Kier molecular flexibility index (Phi) is 4.20. The number of amides is 1. The number of para-hydroxylation sites is 2. The summed E-state index contributed by atoms with van der Waals surface area (Å²) in [5.41, 5.74) is 0.770. The summed E-state index contributed by atoms with van der Waals surface area (Å²) in [4.78, 5) is 12.7. The van der Waals surface area contributed by atoms with Crippen molar-refractivity contribution in [3.8, 4) is 5.75 Å². The molecule has 1 aromatic carbocycles. The molecule has 3 fully saturated rings. The summed E-state index contributed by atoms with van der Waals surface area (Å²) in [6, 6.07) is 7.63. The molecule has 0 bridgehead atoms. The van der Waals surface area contributed by atoms with E-state index in [0.717, 1.165) is 37.1 Å². The number of hydrogen-bond acceptors (Lipinski definition) is 2. The number of fused-ring (bicyclic) bond motifs is 2. The van der Waals surface area contributed by atoms with Gasteiger partial charge < -0.3 is 10.1 Å². The van der Waals surface area contributed by atoms with Crippen LogP contribution in [0.25, 0.3) is 0 Å². The highest BCUT2D eigenvalue weighted by molar-refractivity contribution is 6.51. The molecule has 3 nitrogen and oxygen atoms in total. The maximum absolute atomic E-state index is 12.7. The molecule has 5 heteroatoms. The summed E-state index contributed by atoms with van der Waals surface area (Å²) < 4.78 is 5.10. The molecule has 1 N–H and O–H groups in total. The van der Waals surface area contributed by atoms with Crippen molar-refractivity contribution in [2.24, 2.45) is 29.6 Å². The minimum absolute atomic E-state index is 0.135. The third-order valence-corrected chi connectivity index (χ3v) is 7.19. The lowest BCUT2D eigenvalue weighted by molar-refractivity contribution is -0.117. The molecule has 0 radical (unpaired) electrons. The highest BCUT2D eigenvalue weighted by Gasteiger charge is 2.65. The first-order valence-corrected chi connectivity index (χ1v) is 9.70. The van der Waals surface area contributed by atoms with Crippen LogP contribution in [0, 0.1) is 29.6 Å². The number of nitrogens with one attached hydrogen (secondary N) is 1. The van der Waals surface area contributed by atoms with Crippen LogP contribution in [0.5, 0.6) is 5.75 Å². The van der Waals surface area contributed by atoms with Gasteiger partial charge in [-0.15, -0.1) is 23.2 Å². The van der Waals surface area contributed by atoms with Crippen LogP contribution in [0.15, 0.2) is 24.3 Å². The number of ether oxygens (including phenoxy) is 1. The second kappa shape index (κ2) is 6.10. The van der Waals surface area contributed by atoms with Crippen LogP contribution >= 0.6 is 23.2 Å². The Morgan fingerprint density at radius 1 is 1.17 bits per heavy atom. The van der Waals surface area contributed by atoms with E-state index < -0.39 is 4.33 Å². The van der Waals surface area contributed by atoms with Gasteiger partial charge in [-0.25, -0.2) is 0 Å². The molecule has 130 valence electrons. The van der Waals surface area contributed by atoms with Gasteiger partial charge in [-0.1, -0.05) is 12.1 Å². The lowest BCUT2D eigenvalue weighted by atomic mass is 10.0. The molecular formula is C19H23Cl2NO2. The van der Waals surface area contributed by atoms with Gasteiger partial charge in [-0.2, -0.15) is 0 Å². The van der Waals surface area contributed by atoms with Crippen LogP contribution in [0.4, 0.5) is 5.69 Å². The van der Waals surface area contributed by atoms with Crippen molar-refractivity contribution in [2.45, 2.75) is 36.9 Å².